The van der Waals surface area contributed by atoms with Crippen LogP contribution in [0.2, 0.25) is 0 Å². The number of fused-ring (bicyclic) bond motifs is 1. The van der Waals surface area contributed by atoms with E-state index in [0.29, 0.717) is 19.6 Å². The van der Waals surface area contributed by atoms with E-state index in [-0.39, 0.29) is 11.7 Å². The van der Waals surface area contributed by atoms with Crippen molar-refractivity contribution in [1.82, 2.24) is 4.72 Å². The number of sulfonamides is 1. The number of nitrogens with one attached hydrogen (secondary N) is 1. The molecule has 23 heavy (non-hydrogen) atoms. The summed E-state index contributed by atoms with van der Waals surface area (Å²) in [7, 11) is -3.25. The van der Waals surface area contributed by atoms with Crippen molar-refractivity contribution in [3.8, 4) is 5.75 Å². The van der Waals surface area contributed by atoms with Gasteiger partial charge < -0.3 is 4.74 Å². The molecule has 0 radical (unpaired) electrons. The van der Waals surface area contributed by atoms with Crippen LogP contribution in [0.4, 0.5) is 0 Å². The summed E-state index contributed by atoms with van der Waals surface area (Å²) in [4.78, 5) is 0. The zero-order valence-electron chi connectivity index (χ0n) is 12.9. The largest absolute Gasteiger partial charge is 0.493 e. The summed E-state index contributed by atoms with van der Waals surface area (Å²) in [6, 6.07) is 17.7. The molecule has 0 bridgehead atoms. The van der Waals surface area contributed by atoms with Crippen LogP contribution in [0.3, 0.4) is 0 Å². The second-order valence-corrected chi connectivity index (χ2v) is 7.73. The highest BCUT2D eigenvalue weighted by molar-refractivity contribution is 7.89. The van der Waals surface area contributed by atoms with E-state index < -0.39 is 10.0 Å². The maximum absolute atomic E-state index is 12.1. The van der Waals surface area contributed by atoms with Crippen LogP contribution in [0.15, 0.2) is 54.6 Å². The minimum absolute atomic E-state index is 0.0927. The van der Waals surface area contributed by atoms with Crippen LogP contribution in [0.5, 0.6) is 5.75 Å². The first-order valence-electron chi connectivity index (χ1n) is 7.87. The zero-order chi connectivity index (χ0) is 16.1. The van der Waals surface area contributed by atoms with E-state index in [4.69, 9.17) is 4.74 Å². The lowest BCUT2D eigenvalue weighted by molar-refractivity contribution is 0.330. The summed E-state index contributed by atoms with van der Waals surface area (Å²) in [5.41, 5.74) is 2.25. The minimum atomic E-state index is -3.25. The molecule has 0 aromatic heterocycles. The van der Waals surface area contributed by atoms with Crippen LogP contribution < -0.4 is 9.46 Å². The lowest BCUT2D eigenvalue weighted by Crippen LogP contribution is -2.31. The molecule has 0 fully saturated rings. The molecular weight excluding hydrogens is 310 g/mol. The van der Waals surface area contributed by atoms with Gasteiger partial charge in [-0.25, -0.2) is 13.1 Å². The number of para-hydroxylation sites is 1. The van der Waals surface area contributed by atoms with Crippen LogP contribution in [0.1, 0.15) is 23.5 Å². The van der Waals surface area contributed by atoms with Gasteiger partial charge in [-0.1, -0.05) is 48.5 Å². The average molecular weight is 331 g/mol. The number of hydrogen-bond donors (Lipinski definition) is 1. The van der Waals surface area contributed by atoms with Gasteiger partial charge in [0.1, 0.15) is 5.75 Å². The van der Waals surface area contributed by atoms with Crippen molar-refractivity contribution >= 4 is 10.0 Å². The van der Waals surface area contributed by atoms with Gasteiger partial charge in [-0.3, -0.25) is 0 Å². The molecule has 5 heteroatoms. The summed E-state index contributed by atoms with van der Waals surface area (Å²) < 4.78 is 32.6. The van der Waals surface area contributed by atoms with Gasteiger partial charge in [-0.15, -0.1) is 0 Å². The monoisotopic (exact) mass is 331 g/mol. The van der Waals surface area contributed by atoms with Crippen molar-refractivity contribution in [2.75, 3.05) is 18.9 Å². The van der Waals surface area contributed by atoms with Gasteiger partial charge in [-0.2, -0.15) is 0 Å². The van der Waals surface area contributed by atoms with Crippen molar-refractivity contribution in [2.45, 2.75) is 18.8 Å². The molecule has 1 heterocycles. The molecule has 1 atom stereocenters. The van der Waals surface area contributed by atoms with Gasteiger partial charge in [-0.05, 0) is 24.5 Å². The number of rotatable bonds is 7. The third kappa shape index (κ3) is 4.33. The number of benzene rings is 2. The maximum Gasteiger partial charge on any atom is 0.211 e. The van der Waals surface area contributed by atoms with Crippen LogP contribution in [-0.4, -0.2) is 27.3 Å². The van der Waals surface area contributed by atoms with Crippen LogP contribution >= 0.6 is 0 Å². The molecule has 122 valence electrons. The Hall–Kier alpha value is -1.85. The normalized spacial score (nSPS) is 16.8. The fraction of sp³-hybridized carbons (Fsp3) is 0.333. The molecule has 1 N–H and O–H groups in total. The molecule has 4 nitrogen and oxygen atoms in total. The first kappa shape index (κ1) is 16.0. The van der Waals surface area contributed by atoms with Gasteiger partial charge in [0.25, 0.3) is 0 Å². The highest BCUT2D eigenvalue weighted by Crippen LogP contribution is 2.32. The number of aryl methyl sites for hydroxylation is 1. The third-order valence-electron chi connectivity index (χ3n) is 4.07. The Morgan fingerprint density at radius 2 is 1.78 bits per heavy atom. The minimum Gasteiger partial charge on any atom is -0.493 e. The van der Waals surface area contributed by atoms with E-state index in [1.807, 2.05) is 54.6 Å². The smallest absolute Gasteiger partial charge is 0.211 e. The molecule has 0 aliphatic carbocycles. The highest BCUT2D eigenvalue weighted by atomic mass is 32.2. The summed E-state index contributed by atoms with van der Waals surface area (Å²) in [5.74, 6) is 1.10. The van der Waals surface area contributed by atoms with Crippen LogP contribution in [0.25, 0.3) is 0 Å². The second kappa shape index (κ2) is 7.15. The summed E-state index contributed by atoms with van der Waals surface area (Å²) in [6.07, 6.45) is 1.40. The molecule has 1 aliphatic rings. The van der Waals surface area contributed by atoms with E-state index in [9.17, 15) is 8.42 Å². The Kier molecular flexibility index (Phi) is 4.98. The van der Waals surface area contributed by atoms with E-state index >= 15 is 0 Å². The van der Waals surface area contributed by atoms with Gasteiger partial charge >= 0.3 is 0 Å². The Morgan fingerprint density at radius 1 is 1.04 bits per heavy atom. The van der Waals surface area contributed by atoms with Crippen molar-refractivity contribution in [2.24, 2.45) is 0 Å². The highest BCUT2D eigenvalue weighted by Gasteiger charge is 2.24. The van der Waals surface area contributed by atoms with Crippen molar-refractivity contribution < 1.29 is 13.2 Å². The number of ether oxygens (including phenoxy) is 1. The standard InChI is InChI=1S/C18H21NO3S/c20-23(21,12-6-9-15-7-2-1-3-8-15)19-13-16-14-22-18-11-5-4-10-17(16)18/h1-5,7-8,10-11,16,19H,6,9,12-14H2. The summed E-state index contributed by atoms with van der Waals surface area (Å²) in [5, 5.41) is 0. The Balaban J connectivity index is 1.48. The first-order valence-corrected chi connectivity index (χ1v) is 9.52. The SMILES string of the molecule is O=S(=O)(CCCc1ccccc1)NCC1COc2ccccc21. The van der Waals surface area contributed by atoms with E-state index in [1.54, 1.807) is 0 Å². The molecule has 3 rings (SSSR count). The van der Waals surface area contributed by atoms with Crippen LogP contribution in [-0.2, 0) is 16.4 Å². The topological polar surface area (TPSA) is 55.4 Å². The lowest BCUT2D eigenvalue weighted by atomic mass is 10.0. The van der Waals surface area contributed by atoms with E-state index in [2.05, 4.69) is 4.72 Å². The van der Waals surface area contributed by atoms with Gasteiger partial charge in [0.05, 0.1) is 12.4 Å². The first-order chi connectivity index (χ1) is 11.1. The van der Waals surface area contributed by atoms with E-state index in [0.717, 1.165) is 17.7 Å². The van der Waals surface area contributed by atoms with Crippen LogP contribution in [0, 0.1) is 0 Å². The molecule has 0 saturated heterocycles. The zero-order valence-corrected chi connectivity index (χ0v) is 13.8. The lowest BCUT2D eigenvalue weighted by Gasteiger charge is -2.11. The molecule has 2 aromatic carbocycles. The molecule has 0 spiro atoms. The maximum atomic E-state index is 12.1. The molecule has 0 saturated carbocycles. The Bertz CT molecular complexity index is 744. The van der Waals surface area contributed by atoms with E-state index in [1.165, 1.54) is 5.56 Å². The molecule has 2 aromatic rings. The van der Waals surface area contributed by atoms with Crippen molar-refractivity contribution in [3.63, 3.8) is 0 Å². The molecule has 1 aliphatic heterocycles. The fourth-order valence-corrected chi connectivity index (χ4v) is 3.93. The third-order valence-corrected chi connectivity index (χ3v) is 5.50. The summed E-state index contributed by atoms with van der Waals surface area (Å²) in [6.45, 7) is 0.927. The average Bonchev–Trinajstić information content (AvgIpc) is 2.97. The van der Waals surface area contributed by atoms with Crippen molar-refractivity contribution in [1.29, 1.82) is 0 Å². The Morgan fingerprint density at radius 3 is 2.61 bits per heavy atom. The quantitative estimate of drug-likeness (QED) is 0.849. The molecular formula is C18H21NO3S. The Labute approximate surface area is 137 Å². The fourth-order valence-electron chi connectivity index (χ4n) is 2.81. The van der Waals surface area contributed by atoms with Crippen molar-refractivity contribution in [3.05, 3.63) is 65.7 Å². The molecule has 1 unspecified atom stereocenters. The van der Waals surface area contributed by atoms with Gasteiger partial charge in [0, 0.05) is 18.0 Å². The molecule has 0 amide bonds. The van der Waals surface area contributed by atoms with Gasteiger partial charge in [0.2, 0.25) is 10.0 Å². The second-order valence-electron chi connectivity index (χ2n) is 5.80. The summed E-state index contributed by atoms with van der Waals surface area (Å²) >= 11 is 0. The van der Waals surface area contributed by atoms with Gasteiger partial charge in [0.15, 0.2) is 0 Å². The predicted octanol–water partition coefficient (Wildman–Crippen LogP) is 2.71. The predicted molar refractivity (Wildman–Crippen MR) is 91.2 cm³/mol. The number of hydrogen-bond acceptors (Lipinski definition) is 3.